The molecule has 0 unspecified atom stereocenters. The molecule has 1 amide bonds. The van der Waals surface area contributed by atoms with Crippen LogP contribution in [-0.4, -0.2) is 54.5 Å². The number of hydrogen-bond donors (Lipinski definition) is 1. The Morgan fingerprint density at radius 3 is 1.95 bits per heavy atom. The summed E-state index contributed by atoms with van der Waals surface area (Å²) in [5.74, 6) is 0.296. The van der Waals surface area contributed by atoms with Gasteiger partial charge in [-0.3, -0.25) is 4.79 Å². The van der Waals surface area contributed by atoms with E-state index in [0.717, 1.165) is 38.8 Å². The van der Waals surface area contributed by atoms with Gasteiger partial charge in [-0.1, -0.05) is 13.8 Å². The van der Waals surface area contributed by atoms with Gasteiger partial charge in [0.05, 0.1) is 5.41 Å². The number of amides is 1. The molecule has 2 heterocycles. The summed E-state index contributed by atoms with van der Waals surface area (Å²) < 4.78 is 0. The molecule has 22 heavy (non-hydrogen) atoms. The predicted molar refractivity (Wildman–Crippen MR) is 97.0 cm³/mol. The first-order valence-electron chi connectivity index (χ1n) is 8.40. The van der Waals surface area contributed by atoms with Crippen LogP contribution in [-0.2, 0) is 4.79 Å². The zero-order valence-corrected chi connectivity index (χ0v) is 15.7. The average molecular weight is 354 g/mol. The van der Waals surface area contributed by atoms with E-state index in [1.54, 1.807) is 0 Å². The molecule has 0 aromatic carbocycles. The fourth-order valence-corrected chi connectivity index (χ4v) is 3.80. The van der Waals surface area contributed by atoms with E-state index >= 15 is 0 Å². The summed E-state index contributed by atoms with van der Waals surface area (Å²) >= 11 is 0. The minimum atomic E-state index is -0.319. The highest BCUT2D eigenvalue weighted by molar-refractivity contribution is 5.85. The number of piperidine rings is 1. The largest absolute Gasteiger partial charge is 0.342 e. The zero-order valence-electron chi connectivity index (χ0n) is 14.1. The number of nitrogens with two attached hydrogens (primary N) is 1. The number of carbonyl (C=O) groups is 1. The molecule has 0 aliphatic carbocycles. The van der Waals surface area contributed by atoms with Gasteiger partial charge in [-0.15, -0.1) is 24.8 Å². The topological polar surface area (TPSA) is 49.6 Å². The van der Waals surface area contributed by atoms with Crippen LogP contribution in [0.5, 0.6) is 0 Å². The van der Waals surface area contributed by atoms with E-state index in [0.29, 0.717) is 18.5 Å². The minimum absolute atomic E-state index is 0. The van der Waals surface area contributed by atoms with Crippen molar-refractivity contribution in [1.29, 1.82) is 0 Å². The van der Waals surface area contributed by atoms with Crippen molar-refractivity contribution in [3.8, 4) is 0 Å². The van der Waals surface area contributed by atoms with Crippen molar-refractivity contribution in [2.24, 2.45) is 11.1 Å². The van der Waals surface area contributed by atoms with Gasteiger partial charge in [-0.2, -0.15) is 0 Å². The number of rotatable bonds is 5. The molecule has 6 heteroatoms. The van der Waals surface area contributed by atoms with Gasteiger partial charge < -0.3 is 15.5 Å². The fourth-order valence-electron chi connectivity index (χ4n) is 3.80. The van der Waals surface area contributed by atoms with Crippen LogP contribution in [0.2, 0.25) is 0 Å². The monoisotopic (exact) mass is 353 g/mol. The summed E-state index contributed by atoms with van der Waals surface area (Å²) in [4.78, 5) is 17.5. The number of carbonyl (C=O) groups excluding carboxylic acids is 1. The van der Waals surface area contributed by atoms with Crippen LogP contribution in [0.4, 0.5) is 0 Å². The van der Waals surface area contributed by atoms with Gasteiger partial charge in [-0.05, 0) is 51.6 Å². The second-order valence-electron chi connectivity index (χ2n) is 6.46. The Bertz CT molecular complexity index is 315. The van der Waals surface area contributed by atoms with Crippen LogP contribution in [0.15, 0.2) is 0 Å². The molecule has 0 aromatic rings. The first-order chi connectivity index (χ1) is 9.66. The van der Waals surface area contributed by atoms with Gasteiger partial charge in [0.1, 0.15) is 0 Å². The van der Waals surface area contributed by atoms with Crippen molar-refractivity contribution in [3.05, 3.63) is 0 Å². The van der Waals surface area contributed by atoms with Crippen LogP contribution >= 0.6 is 24.8 Å². The SMILES string of the molecule is CCC(CC)(CN)C(=O)N1CCC(N2CCCC2)CC1.Cl.Cl. The van der Waals surface area contributed by atoms with Gasteiger partial charge in [-0.25, -0.2) is 0 Å². The lowest BCUT2D eigenvalue weighted by atomic mass is 9.80. The summed E-state index contributed by atoms with van der Waals surface area (Å²) in [7, 11) is 0. The zero-order chi connectivity index (χ0) is 14.6. The van der Waals surface area contributed by atoms with E-state index in [-0.39, 0.29) is 30.2 Å². The Morgan fingerprint density at radius 2 is 1.55 bits per heavy atom. The van der Waals surface area contributed by atoms with Gasteiger partial charge in [0.25, 0.3) is 0 Å². The number of hydrogen-bond acceptors (Lipinski definition) is 3. The maximum Gasteiger partial charge on any atom is 0.230 e. The third kappa shape index (κ3) is 4.50. The van der Waals surface area contributed by atoms with E-state index in [1.165, 1.54) is 25.9 Å². The highest BCUT2D eigenvalue weighted by atomic mass is 35.5. The fraction of sp³-hybridized carbons (Fsp3) is 0.938. The molecule has 0 radical (unpaired) electrons. The normalized spacial score (nSPS) is 20.4. The Balaban J connectivity index is 0.00000220. The van der Waals surface area contributed by atoms with Gasteiger partial charge in [0, 0.05) is 25.7 Å². The molecule has 132 valence electrons. The van der Waals surface area contributed by atoms with Crippen LogP contribution in [0, 0.1) is 5.41 Å². The smallest absolute Gasteiger partial charge is 0.230 e. The number of halogens is 2. The maximum absolute atomic E-state index is 12.8. The van der Waals surface area contributed by atoms with Crippen LogP contribution in [0.25, 0.3) is 0 Å². The van der Waals surface area contributed by atoms with E-state index < -0.39 is 0 Å². The van der Waals surface area contributed by atoms with E-state index in [9.17, 15) is 4.79 Å². The Hall–Kier alpha value is -0.0300. The van der Waals surface area contributed by atoms with Crippen molar-refractivity contribution < 1.29 is 4.79 Å². The molecular formula is C16H33Cl2N3O. The third-order valence-electron chi connectivity index (χ3n) is 5.61. The van der Waals surface area contributed by atoms with E-state index in [2.05, 4.69) is 23.6 Å². The quantitative estimate of drug-likeness (QED) is 0.826. The second kappa shape index (κ2) is 9.96. The van der Waals surface area contributed by atoms with Crippen molar-refractivity contribution in [1.82, 2.24) is 9.80 Å². The van der Waals surface area contributed by atoms with Crippen molar-refractivity contribution in [3.63, 3.8) is 0 Å². The molecule has 2 aliphatic rings. The Morgan fingerprint density at radius 1 is 1.05 bits per heavy atom. The summed E-state index contributed by atoms with van der Waals surface area (Å²) in [6, 6.07) is 0.706. The summed E-state index contributed by atoms with van der Waals surface area (Å²) in [6.45, 7) is 9.01. The molecule has 4 nitrogen and oxygen atoms in total. The molecule has 0 saturated carbocycles. The Kier molecular flexibility index (Phi) is 9.95. The van der Waals surface area contributed by atoms with Gasteiger partial charge in [0.15, 0.2) is 0 Å². The molecule has 2 rings (SSSR count). The molecule has 0 spiro atoms. The van der Waals surface area contributed by atoms with Gasteiger partial charge >= 0.3 is 0 Å². The lowest BCUT2D eigenvalue weighted by Gasteiger charge is -2.41. The number of nitrogens with zero attached hydrogens (tertiary/aromatic N) is 2. The minimum Gasteiger partial charge on any atom is -0.342 e. The molecule has 2 saturated heterocycles. The highest BCUT2D eigenvalue weighted by Gasteiger charge is 2.38. The van der Waals surface area contributed by atoms with Crippen molar-refractivity contribution >= 4 is 30.7 Å². The van der Waals surface area contributed by atoms with Crippen LogP contribution in [0.1, 0.15) is 52.4 Å². The number of likely N-dealkylation sites (tertiary alicyclic amines) is 2. The first-order valence-corrected chi connectivity index (χ1v) is 8.40. The third-order valence-corrected chi connectivity index (χ3v) is 5.61. The van der Waals surface area contributed by atoms with E-state index in [4.69, 9.17) is 5.73 Å². The molecule has 0 aromatic heterocycles. The molecule has 2 fully saturated rings. The van der Waals surface area contributed by atoms with E-state index in [1.807, 2.05) is 0 Å². The standard InChI is InChI=1S/C16H31N3O.2ClH/c1-3-16(4-2,13-17)15(20)19-11-7-14(8-12-19)18-9-5-6-10-18;;/h14H,3-13,17H2,1-2H3;2*1H. The molecule has 0 atom stereocenters. The van der Waals surface area contributed by atoms with Crippen LogP contribution < -0.4 is 5.73 Å². The summed E-state index contributed by atoms with van der Waals surface area (Å²) in [5.41, 5.74) is 5.59. The summed E-state index contributed by atoms with van der Waals surface area (Å²) in [5, 5.41) is 0. The molecule has 2 N–H and O–H groups in total. The van der Waals surface area contributed by atoms with Crippen molar-refractivity contribution in [2.75, 3.05) is 32.7 Å². The van der Waals surface area contributed by atoms with Crippen molar-refractivity contribution in [2.45, 2.75) is 58.4 Å². The summed E-state index contributed by atoms with van der Waals surface area (Å²) in [6.07, 6.45) is 6.68. The molecule has 2 aliphatic heterocycles. The lowest BCUT2D eigenvalue weighted by molar-refractivity contribution is -0.143. The molecular weight excluding hydrogens is 321 g/mol. The Labute approximate surface area is 148 Å². The van der Waals surface area contributed by atoms with Gasteiger partial charge in [0.2, 0.25) is 5.91 Å². The molecule has 0 bridgehead atoms. The average Bonchev–Trinajstić information content (AvgIpc) is 3.04. The maximum atomic E-state index is 12.8. The second-order valence-corrected chi connectivity index (χ2v) is 6.46. The predicted octanol–water partition coefficient (Wildman–Crippen LogP) is 2.68. The first kappa shape index (κ1) is 22.0. The lowest BCUT2D eigenvalue weighted by Crippen LogP contribution is -2.52. The van der Waals surface area contributed by atoms with Crippen LogP contribution in [0.3, 0.4) is 0 Å². The highest BCUT2D eigenvalue weighted by Crippen LogP contribution is 2.30.